The predicted octanol–water partition coefficient (Wildman–Crippen LogP) is -0.379. The molecule has 0 radical (unpaired) electrons. The first kappa shape index (κ1) is 12.9. The zero-order valence-electron chi connectivity index (χ0n) is 10.5. The van der Waals surface area contributed by atoms with Crippen LogP contribution in [-0.4, -0.2) is 49.6 Å². The number of benzene rings is 1. The molecule has 0 saturated carbocycles. The van der Waals surface area contributed by atoms with E-state index >= 15 is 0 Å². The molecule has 1 aliphatic heterocycles. The largest absolute Gasteiger partial charge is 0.369 e. The van der Waals surface area contributed by atoms with E-state index in [2.05, 4.69) is 21.9 Å². The summed E-state index contributed by atoms with van der Waals surface area (Å²) in [4.78, 5) is 15.4. The van der Waals surface area contributed by atoms with Crippen LogP contribution in [0.15, 0.2) is 30.3 Å². The van der Waals surface area contributed by atoms with Gasteiger partial charge in [-0.2, -0.15) is 0 Å². The number of hydrogen-bond donors (Lipinski definition) is 2. The Morgan fingerprint density at radius 2 is 1.78 bits per heavy atom. The van der Waals surface area contributed by atoms with Crippen molar-refractivity contribution in [1.29, 1.82) is 0 Å². The fourth-order valence-corrected chi connectivity index (χ4v) is 2.20. The third-order valence-electron chi connectivity index (χ3n) is 3.31. The number of nitrogens with two attached hydrogens (primary N) is 2. The van der Waals surface area contributed by atoms with Crippen molar-refractivity contribution >= 4 is 11.6 Å². The molecule has 1 aromatic rings. The lowest BCUT2D eigenvalue weighted by Crippen LogP contribution is -2.52. The van der Waals surface area contributed by atoms with Crippen LogP contribution in [0, 0.1) is 0 Å². The van der Waals surface area contributed by atoms with Gasteiger partial charge in [-0.15, -0.1) is 0 Å². The maximum absolute atomic E-state index is 10.9. The minimum atomic E-state index is -0.562. The summed E-state index contributed by atoms with van der Waals surface area (Å²) in [6, 6.07) is 9.78. The highest BCUT2D eigenvalue weighted by Gasteiger charge is 2.20. The van der Waals surface area contributed by atoms with Crippen molar-refractivity contribution < 1.29 is 4.79 Å². The molecule has 1 aliphatic rings. The molecule has 5 heteroatoms. The second-order valence-electron chi connectivity index (χ2n) is 4.63. The molecule has 0 spiro atoms. The Morgan fingerprint density at radius 3 is 2.33 bits per heavy atom. The summed E-state index contributed by atoms with van der Waals surface area (Å²) in [5.41, 5.74) is 12.1. The average molecular weight is 248 g/mol. The Labute approximate surface area is 107 Å². The van der Waals surface area contributed by atoms with Gasteiger partial charge in [-0.1, -0.05) is 18.2 Å². The maximum Gasteiger partial charge on any atom is 0.235 e. The molecule has 1 fully saturated rings. The van der Waals surface area contributed by atoms with Crippen molar-refractivity contribution in [3.05, 3.63) is 30.3 Å². The standard InChI is InChI=1S/C13H20N4O/c14-12(13(15)18)10-16-6-8-17(9-7-16)11-4-2-1-3-5-11/h1-5,12H,6-10,14H2,(H2,15,18). The van der Waals surface area contributed by atoms with Crippen molar-refractivity contribution in [2.45, 2.75) is 6.04 Å². The highest BCUT2D eigenvalue weighted by Crippen LogP contribution is 2.15. The topological polar surface area (TPSA) is 75.6 Å². The molecular formula is C13H20N4O. The first-order valence-corrected chi connectivity index (χ1v) is 6.24. The lowest BCUT2D eigenvalue weighted by atomic mass is 10.2. The number of anilines is 1. The van der Waals surface area contributed by atoms with E-state index in [0.717, 1.165) is 26.2 Å². The number of carbonyl (C=O) groups is 1. The van der Waals surface area contributed by atoms with Crippen molar-refractivity contribution in [2.24, 2.45) is 11.5 Å². The SMILES string of the molecule is NC(=O)C(N)CN1CCN(c2ccccc2)CC1. The van der Waals surface area contributed by atoms with Gasteiger partial charge in [0, 0.05) is 38.4 Å². The summed E-state index contributed by atoms with van der Waals surface area (Å²) in [6.07, 6.45) is 0. The summed E-state index contributed by atoms with van der Waals surface area (Å²) in [5, 5.41) is 0. The zero-order chi connectivity index (χ0) is 13.0. The molecule has 4 N–H and O–H groups in total. The number of amides is 1. The van der Waals surface area contributed by atoms with E-state index in [1.54, 1.807) is 0 Å². The first-order valence-electron chi connectivity index (χ1n) is 6.24. The Kier molecular flexibility index (Phi) is 4.17. The second-order valence-corrected chi connectivity index (χ2v) is 4.63. The molecule has 0 aliphatic carbocycles. The fourth-order valence-electron chi connectivity index (χ4n) is 2.20. The molecule has 1 aromatic carbocycles. The minimum absolute atomic E-state index is 0.430. The van der Waals surface area contributed by atoms with Crippen LogP contribution in [0.3, 0.4) is 0 Å². The number of nitrogens with zero attached hydrogens (tertiary/aromatic N) is 2. The van der Waals surface area contributed by atoms with Crippen molar-refractivity contribution in [2.75, 3.05) is 37.6 Å². The molecule has 0 bridgehead atoms. The molecule has 0 aromatic heterocycles. The number of hydrogen-bond acceptors (Lipinski definition) is 4. The lowest BCUT2D eigenvalue weighted by Gasteiger charge is -2.36. The Hall–Kier alpha value is -1.59. The quantitative estimate of drug-likeness (QED) is 0.761. The highest BCUT2D eigenvalue weighted by molar-refractivity contribution is 5.79. The minimum Gasteiger partial charge on any atom is -0.369 e. The Balaban J connectivity index is 1.83. The van der Waals surface area contributed by atoms with Gasteiger partial charge in [-0.05, 0) is 12.1 Å². The summed E-state index contributed by atoms with van der Waals surface area (Å²) in [7, 11) is 0. The van der Waals surface area contributed by atoms with Gasteiger partial charge in [0.05, 0.1) is 6.04 Å². The van der Waals surface area contributed by atoms with Crippen LogP contribution in [0.2, 0.25) is 0 Å². The van der Waals surface area contributed by atoms with Gasteiger partial charge >= 0.3 is 0 Å². The third-order valence-corrected chi connectivity index (χ3v) is 3.31. The van der Waals surface area contributed by atoms with Gasteiger partial charge in [-0.25, -0.2) is 0 Å². The Morgan fingerprint density at radius 1 is 1.17 bits per heavy atom. The van der Waals surface area contributed by atoms with Gasteiger partial charge in [0.2, 0.25) is 5.91 Å². The monoisotopic (exact) mass is 248 g/mol. The smallest absolute Gasteiger partial charge is 0.235 e. The highest BCUT2D eigenvalue weighted by atomic mass is 16.1. The second kappa shape index (κ2) is 5.84. The number of para-hydroxylation sites is 1. The van der Waals surface area contributed by atoms with Gasteiger partial charge in [0.15, 0.2) is 0 Å². The van der Waals surface area contributed by atoms with E-state index < -0.39 is 11.9 Å². The van der Waals surface area contributed by atoms with Gasteiger partial charge < -0.3 is 16.4 Å². The van der Waals surface area contributed by atoms with Crippen LogP contribution in [-0.2, 0) is 4.79 Å². The molecule has 1 amide bonds. The molecule has 1 saturated heterocycles. The number of primary amides is 1. The van der Waals surface area contributed by atoms with Crippen molar-refractivity contribution in [1.82, 2.24) is 4.90 Å². The van der Waals surface area contributed by atoms with E-state index in [4.69, 9.17) is 11.5 Å². The summed E-state index contributed by atoms with van der Waals surface area (Å²) < 4.78 is 0. The van der Waals surface area contributed by atoms with E-state index in [1.807, 2.05) is 18.2 Å². The predicted molar refractivity (Wildman–Crippen MR) is 72.3 cm³/mol. The molecule has 1 heterocycles. The molecule has 1 unspecified atom stereocenters. The zero-order valence-corrected chi connectivity index (χ0v) is 10.5. The van der Waals surface area contributed by atoms with E-state index in [9.17, 15) is 4.79 Å². The molecule has 5 nitrogen and oxygen atoms in total. The molecule has 1 atom stereocenters. The van der Waals surface area contributed by atoms with Crippen LogP contribution in [0.5, 0.6) is 0 Å². The summed E-state index contributed by atoms with van der Waals surface area (Å²) >= 11 is 0. The first-order chi connectivity index (χ1) is 8.66. The van der Waals surface area contributed by atoms with Crippen LogP contribution in [0.4, 0.5) is 5.69 Å². The summed E-state index contributed by atoms with van der Waals surface area (Å²) in [5.74, 6) is -0.430. The van der Waals surface area contributed by atoms with Gasteiger partial charge in [0.1, 0.15) is 0 Å². The average Bonchev–Trinajstić information content (AvgIpc) is 2.40. The molecule has 2 rings (SSSR count). The van der Waals surface area contributed by atoms with Crippen molar-refractivity contribution in [3.63, 3.8) is 0 Å². The van der Waals surface area contributed by atoms with E-state index in [0.29, 0.717) is 6.54 Å². The van der Waals surface area contributed by atoms with E-state index in [1.165, 1.54) is 5.69 Å². The van der Waals surface area contributed by atoms with Crippen LogP contribution < -0.4 is 16.4 Å². The normalized spacial score (nSPS) is 18.6. The van der Waals surface area contributed by atoms with Crippen molar-refractivity contribution in [3.8, 4) is 0 Å². The van der Waals surface area contributed by atoms with Crippen LogP contribution >= 0.6 is 0 Å². The molecule has 18 heavy (non-hydrogen) atoms. The van der Waals surface area contributed by atoms with E-state index in [-0.39, 0.29) is 0 Å². The Bertz CT molecular complexity index is 387. The molecular weight excluding hydrogens is 228 g/mol. The van der Waals surface area contributed by atoms with Gasteiger partial charge in [0.25, 0.3) is 0 Å². The van der Waals surface area contributed by atoms with Crippen LogP contribution in [0.25, 0.3) is 0 Å². The summed E-state index contributed by atoms with van der Waals surface area (Å²) in [6.45, 7) is 4.29. The lowest BCUT2D eigenvalue weighted by molar-refractivity contribution is -0.119. The maximum atomic E-state index is 10.9. The third kappa shape index (κ3) is 3.21. The fraction of sp³-hybridized carbons (Fsp3) is 0.462. The number of carbonyl (C=O) groups excluding carboxylic acids is 1. The van der Waals surface area contributed by atoms with Crippen LogP contribution in [0.1, 0.15) is 0 Å². The van der Waals surface area contributed by atoms with Gasteiger partial charge in [-0.3, -0.25) is 9.69 Å². The number of rotatable bonds is 4. The number of piperazine rings is 1. The molecule has 98 valence electrons.